The third kappa shape index (κ3) is 3.74. The molecule has 0 saturated carbocycles. The van der Waals surface area contributed by atoms with Crippen LogP contribution in [0, 0.1) is 6.92 Å². The number of nitrogens with zero attached hydrogens (tertiary/aromatic N) is 4. The van der Waals surface area contributed by atoms with E-state index in [-0.39, 0.29) is 5.54 Å². The van der Waals surface area contributed by atoms with Gasteiger partial charge in [0.2, 0.25) is 0 Å². The molecule has 0 atom stereocenters. The molecular formula is C16H25N5. The molecule has 0 aliphatic carbocycles. The molecule has 1 aromatic heterocycles. The molecule has 0 unspecified atom stereocenters. The smallest absolute Gasteiger partial charge is 0.102 e. The van der Waals surface area contributed by atoms with Gasteiger partial charge in [0.25, 0.3) is 0 Å². The van der Waals surface area contributed by atoms with Gasteiger partial charge >= 0.3 is 0 Å². The summed E-state index contributed by atoms with van der Waals surface area (Å²) in [6, 6.07) is 6.38. The molecule has 2 aromatic rings. The van der Waals surface area contributed by atoms with Crippen LogP contribution in [0.15, 0.2) is 24.4 Å². The van der Waals surface area contributed by atoms with Crippen LogP contribution in [0.5, 0.6) is 0 Å². The number of aryl methyl sites for hydroxylation is 1. The van der Waals surface area contributed by atoms with E-state index < -0.39 is 0 Å². The summed E-state index contributed by atoms with van der Waals surface area (Å²) in [4.78, 5) is 2.12. The summed E-state index contributed by atoms with van der Waals surface area (Å²) < 4.78 is 1.89. The summed E-state index contributed by atoms with van der Waals surface area (Å²) in [5, 5.41) is 11.8. The number of hydrogen-bond acceptors (Lipinski definition) is 4. The molecule has 1 aromatic carbocycles. The molecule has 5 nitrogen and oxygen atoms in total. The predicted octanol–water partition coefficient (Wildman–Crippen LogP) is 3.02. The van der Waals surface area contributed by atoms with Crippen LogP contribution in [0.3, 0.4) is 0 Å². The monoisotopic (exact) mass is 287 g/mol. The average molecular weight is 287 g/mol. The van der Waals surface area contributed by atoms with Crippen molar-refractivity contribution in [3.8, 4) is 0 Å². The van der Waals surface area contributed by atoms with Crippen LogP contribution in [0.2, 0.25) is 0 Å². The van der Waals surface area contributed by atoms with Crippen LogP contribution in [-0.4, -0.2) is 29.1 Å². The Bertz CT molecular complexity index is 607. The highest BCUT2D eigenvalue weighted by Gasteiger charge is 2.14. The van der Waals surface area contributed by atoms with Crippen LogP contribution in [0.25, 0.3) is 0 Å². The lowest BCUT2D eigenvalue weighted by Crippen LogP contribution is -2.22. The van der Waals surface area contributed by atoms with Gasteiger partial charge in [-0.05, 0) is 45.4 Å². The fourth-order valence-electron chi connectivity index (χ4n) is 2.10. The number of benzene rings is 1. The number of hydrogen-bond donors (Lipinski definition) is 1. The van der Waals surface area contributed by atoms with Crippen molar-refractivity contribution in [1.29, 1.82) is 0 Å². The van der Waals surface area contributed by atoms with E-state index in [4.69, 9.17) is 0 Å². The van der Waals surface area contributed by atoms with Crippen molar-refractivity contribution in [2.75, 3.05) is 24.3 Å². The van der Waals surface area contributed by atoms with Crippen molar-refractivity contribution in [2.45, 2.75) is 39.8 Å². The van der Waals surface area contributed by atoms with Crippen molar-refractivity contribution >= 4 is 11.4 Å². The molecule has 1 heterocycles. The zero-order valence-electron chi connectivity index (χ0n) is 13.8. The molecular weight excluding hydrogens is 262 g/mol. The zero-order chi connectivity index (χ0) is 15.6. The van der Waals surface area contributed by atoms with E-state index in [0.29, 0.717) is 6.54 Å². The average Bonchev–Trinajstić information content (AvgIpc) is 2.86. The van der Waals surface area contributed by atoms with Gasteiger partial charge in [-0.1, -0.05) is 11.3 Å². The Morgan fingerprint density at radius 2 is 1.95 bits per heavy atom. The topological polar surface area (TPSA) is 46.0 Å². The second-order valence-corrected chi connectivity index (χ2v) is 6.57. The standard InChI is InChI=1S/C16H25N5/c1-12-7-8-13(9-15(12)20(5)6)17-10-14-11-21(19-18-14)16(2,3)4/h7-9,11,17H,10H2,1-6H3. The highest BCUT2D eigenvalue weighted by Crippen LogP contribution is 2.22. The normalized spacial score (nSPS) is 11.5. The van der Waals surface area contributed by atoms with Gasteiger partial charge in [-0.25, -0.2) is 4.68 Å². The Balaban J connectivity index is 2.06. The van der Waals surface area contributed by atoms with Crippen molar-refractivity contribution in [3.63, 3.8) is 0 Å². The van der Waals surface area contributed by atoms with Gasteiger partial charge in [0, 0.05) is 25.5 Å². The fraction of sp³-hybridized carbons (Fsp3) is 0.500. The third-order valence-corrected chi connectivity index (χ3v) is 3.39. The second kappa shape index (κ2) is 5.76. The van der Waals surface area contributed by atoms with Crippen molar-refractivity contribution in [1.82, 2.24) is 15.0 Å². The molecule has 21 heavy (non-hydrogen) atoms. The second-order valence-electron chi connectivity index (χ2n) is 6.57. The van der Waals surface area contributed by atoms with Gasteiger partial charge < -0.3 is 10.2 Å². The van der Waals surface area contributed by atoms with Gasteiger partial charge in [-0.15, -0.1) is 5.10 Å². The summed E-state index contributed by atoms with van der Waals surface area (Å²) in [5.74, 6) is 0. The lowest BCUT2D eigenvalue weighted by atomic mass is 10.1. The Kier molecular flexibility index (Phi) is 4.21. The highest BCUT2D eigenvalue weighted by atomic mass is 15.4. The first-order valence-electron chi connectivity index (χ1n) is 7.21. The minimum atomic E-state index is -0.0345. The van der Waals surface area contributed by atoms with Crippen LogP contribution in [-0.2, 0) is 12.1 Å². The van der Waals surface area contributed by atoms with E-state index in [1.54, 1.807) is 0 Å². The summed E-state index contributed by atoms with van der Waals surface area (Å²) in [7, 11) is 4.11. The summed E-state index contributed by atoms with van der Waals surface area (Å²) in [6.45, 7) is 9.13. The van der Waals surface area contributed by atoms with Gasteiger partial charge in [0.05, 0.1) is 18.3 Å². The van der Waals surface area contributed by atoms with Crippen molar-refractivity contribution < 1.29 is 0 Å². The lowest BCUT2D eigenvalue weighted by molar-refractivity contribution is 0.347. The van der Waals surface area contributed by atoms with Crippen LogP contribution < -0.4 is 10.2 Å². The first kappa shape index (κ1) is 15.4. The van der Waals surface area contributed by atoms with Gasteiger partial charge in [0.15, 0.2) is 0 Å². The van der Waals surface area contributed by atoms with Crippen LogP contribution in [0.1, 0.15) is 32.0 Å². The van der Waals surface area contributed by atoms with Crippen molar-refractivity contribution in [2.24, 2.45) is 0 Å². The molecule has 0 aliphatic rings. The quantitative estimate of drug-likeness (QED) is 0.939. The first-order chi connectivity index (χ1) is 9.77. The van der Waals surface area contributed by atoms with E-state index in [0.717, 1.165) is 11.4 Å². The largest absolute Gasteiger partial charge is 0.379 e. The number of anilines is 2. The number of nitrogens with one attached hydrogen (secondary N) is 1. The Labute approximate surface area is 127 Å². The Morgan fingerprint density at radius 1 is 1.24 bits per heavy atom. The van der Waals surface area contributed by atoms with Crippen LogP contribution in [0.4, 0.5) is 11.4 Å². The third-order valence-electron chi connectivity index (χ3n) is 3.39. The molecule has 2 rings (SSSR count). The van der Waals surface area contributed by atoms with E-state index in [9.17, 15) is 0 Å². The number of aromatic nitrogens is 3. The first-order valence-corrected chi connectivity index (χ1v) is 7.21. The molecule has 0 aliphatic heterocycles. The maximum Gasteiger partial charge on any atom is 0.102 e. The molecule has 0 spiro atoms. The fourth-order valence-corrected chi connectivity index (χ4v) is 2.10. The van der Waals surface area contributed by atoms with E-state index in [1.165, 1.54) is 11.3 Å². The maximum atomic E-state index is 4.21. The maximum absolute atomic E-state index is 4.21. The minimum Gasteiger partial charge on any atom is -0.379 e. The summed E-state index contributed by atoms with van der Waals surface area (Å²) >= 11 is 0. The Morgan fingerprint density at radius 3 is 2.52 bits per heavy atom. The van der Waals surface area contributed by atoms with E-state index in [1.807, 2.05) is 10.9 Å². The SMILES string of the molecule is Cc1ccc(NCc2cn(C(C)(C)C)nn2)cc1N(C)C. The molecule has 0 fully saturated rings. The highest BCUT2D eigenvalue weighted by molar-refractivity contribution is 5.61. The number of rotatable bonds is 4. The molecule has 1 N–H and O–H groups in total. The van der Waals surface area contributed by atoms with Gasteiger partial charge in [-0.3, -0.25) is 0 Å². The molecule has 0 radical (unpaired) electrons. The molecule has 5 heteroatoms. The van der Waals surface area contributed by atoms with Gasteiger partial charge in [0.1, 0.15) is 5.69 Å². The molecule has 114 valence electrons. The zero-order valence-corrected chi connectivity index (χ0v) is 13.8. The van der Waals surface area contributed by atoms with Crippen LogP contribution >= 0.6 is 0 Å². The van der Waals surface area contributed by atoms with E-state index in [2.05, 4.69) is 80.5 Å². The minimum absolute atomic E-state index is 0.0345. The lowest BCUT2D eigenvalue weighted by Gasteiger charge is -2.18. The Hall–Kier alpha value is -2.04. The van der Waals surface area contributed by atoms with Crippen molar-refractivity contribution in [3.05, 3.63) is 35.7 Å². The summed E-state index contributed by atoms with van der Waals surface area (Å²) in [6.07, 6.45) is 1.99. The predicted molar refractivity (Wildman–Crippen MR) is 87.9 cm³/mol. The van der Waals surface area contributed by atoms with Gasteiger partial charge in [-0.2, -0.15) is 0 Å². The van der Waals surface area contributed by atoms with E-state index >= 15 is 0 Å². The molecule has 0 amide bonds. The summed E-state index contributed by atoms with van der Waals surface area (Å²) in [5.41, 5.74) is 4.49. The molecule has 0 saturated heterocycles. The molecule has 0 bridgehead atoms.